The van der Waals surface area contributed by atoms with Gasteiger partial charge >= 0.3 is 0 Å². The minimum atomic E-state index is 0.0751. The maximum Gasteiger partial charge on any atom is 0.127 e. The summed E-state index contributed by atoms with van der Waals surface area (Å²) in [6.45, 7) is 11.3. The van der Waals surface area contributed by atoms with Gasteiger partial charge in [-0.15, -0.1) is 10.2 Å². The number of hydrogen-bond donors (Lipinski definition) is 2. The van der Waals surface area contributed by atoms with E-state index in [4.69, 9.17) is 0 Å². The van der Waals surface area contributed by atoms with Crippen LogP contribution in [0.1, 0.15) is 18.2 Å². The number of allylic oxidation sites excluding steroid dienone is 1. The van der Waals surface area contributed by atoms with E-state index in [1.165, 1.54) is 4.80 Å². The van der Waals surface area contributed by atoms with Crippen LogP contribution < -0.4 is 5.32 Å². The minimum Gasteiger partial charge on any atom is -0.507 e. The van der Waals surface area contributed by atoms with E-state index in [-0.39, 0.29) is 5.75 Å². The Morgan fingerprint density at radius 3 is 2.69 bits per heavy atom. The number of aromatic nitrogens is 3. The van der Waals surface area contributed by atoms with Crippen LogP contribution in [0.5, 0.6) is 5.75 Å². The molecule has 1 aliphatic heterocycles. The number of phenolic OH excluding ortho intramolecular Hbond substituents is 1. The van der Waals surface area contributed by atoms with Crippen molar-refractivity contribution in [3.8, 4) is 11.4 Å². The molecule has 0 atom stereocenters. The van der Waals surface area contributed by atoms with Crippen molar-refractivity contribution >= 4 is 11.5 Å². The van der Waals surface area contributed by atoms with E-state index < -0.39 is 0 Å². The fourth-order valence-corrected chi connectivity index (χ4v) is 2.71. The summed E-state index contributed by atoms with van der Waals surface area (Å²) in [6.07, 6.45) is 3.24. The molecule has 8 nitrogen and oxygen atoms in total. The lowest BCUT2D eigenvalue weighted by Gasteiger charge is -2.28. The predicted molar refractivity (Wildman–Crippen MR) is 102 cm³/mol. The number of nitrogens with one attached hydrogen (secondary N) is 1. The second-order valence-electron chi connectivity index (χ2n) is 6.05. The molecule has 1 fully saturated rings. The summed E-state index contributed by atoms with van der Waals surface area (Å²) < 4.78 is 0. The minimum absolute atomic E-state index is 0.0751. The number of benzene rings is 1. The van der Waals surface area contributed by atoms with Gasteiger partial charge in [-0.25, -0.2) is 0 Å². The highest BCUT2D eigenvalue weighted by molar-refractivity contribution is 6.10. The molecule has 2 N–H and O–H groups in total. The molecule has 0 unspecified atom stereocenters. The molecule has 8 heteroatoms. The highest BCUT2D eigenvalue weighted by Crippen LogP contribution is 2.22. The van der Waals surface area contributed by atoms with Gasteiger partial charge in [-0.05, 0) is 32.1 Å². The molecule has 0 bridgehead atoms. The van der Waals surface area contributed by atoms with Gasteiger partial charge in [0, 0.05) is 37.8 Å². The lowest BCUT2D eigenvalue weighted by atomic mass is 10.1. The third-order valence-electron chi connectivity index (χ3n) is 4.17. The number of aromatic hydroxyl groups is 1. The molecule has 0 saturated carbocycles. The van der Waals surface area contributed by atoms with Gasteiger partial charge in [0.2, 0.25) is 0 Å². The first-order valence-electron chi connectivity index (χ1n) is 8.51. The second kappa shape index (κ2) is 7.92. The van der Waals surface area contributed by atoms with E-state index in [1.807, 2.05) is 19.9 Å². The topological polar surface area (TPSA) is 90.9 Å². The number of piperazine rings is 1. The number of nitrogens with zero attached hydrogens (tertiary/aromatic N) is 6. The Morgan fingerprint density at radius 2 is 2.08 bits per heavy atom. The number of hydrogen-bond acceptors (Lipinski definition) is 6. The van der Waals surface area contributed by atoms with Crippen molar-refractivity contribution in [3.63, 3.8) is 0 Å². The fraction of sp³-hybridized carbons (Fsp3) is 0.333. The SMILES string of the molecule is C=C/C(=N\N=C(/C)N1CCNCC1)c1ccc(-n2ncc(C)n2)cc1O. The first-order valence-corrected chi connectivity index (χ1v) is 8.51. The summed E-state index contributed by atoms with van der Waals surface area (Å²) in [5.41, 5.74) is 2.54. The van der Waals surface area contributed by atoms with Crippen LogP contribution in [0.15, 0.2) is 47.3 Å². The standard InChI is InChI=1S/C18H23N7O/c1-4-17(22-21-14(3)24-9-7-19-8-10-24)16-6-5-15(11-18(16)26)25-20-12-13(2)23-25/h4-6,11-12,19,26H,1,7-10H2,2-3H3/b21-14+,22-17+. The van der Waals surface area contributed by atoms with Crippen molar-refractivity contribution in [2.45, 2.75) is 13.8 Å². The van der Waals surface area contributed by atoms with Crippen molar-refractivity contribution in [1.29, 1.82) is 0 Å². The van der Waals surface area contributed by atoms with Gasteiger partial charge in [0.15, 0.2) is 0 Å². The number of rotatable bonds is 4. The summed E-state index contributed by atoms with van der Waals surface area (Å²) in [7, 11) is 0. The van der Waals surface area contributed by atoms with Crippen LogP contribution in [0.2, 0.25) is 0 Å². The Hall–Kier alpha value is -3.00. The summed E-state index contributed by atoms with van der Waals surface area (Å²) in [6, 6.07) is 5.18. The molecule has 0 spiro atoms. The molecule has 2 heterocycles. The van der Waals surface area contributed by atoms with E-state index in [0.717, 1.165) is 37.7 Å². The molecule has 1 aromatic carbocycles. The molecule has 0 radical (unpaired) electrons. The Bertz CT molecular complexity index is 847. The van der Waals surface area contributed by atoms with Gasteiger partial charge < -0.3 is 15.3 Å². The summed E-state index contributed by atoms with van der Waals surface area (Å²) in [5, 5.41) is 30.7. The van der Waals surface area contributed by atoms with E-state index in [1.54, 1.807) is 24.4 Å². The van der Waals surface area contributed by atoms with E-state index in [9.17, 15) is 5.11 Å². The average Bonchev–Trinajstić information content (AvgIpc) is 3.10. The lowest BCUT2D eigenvalue weighted by Crippen LogP contribution is -2.45. The normalized spacial score (nSPS) is 16.0. The van der Waals surface area contributed by atoms with Crippen LogP contribution >= 0.6 is 0 Å². The zero-order chi connectivity index (χ0) is 18.5. The van der Waals surface area contributed by atoms with Gasteiger partial charge in [-0.3, -0.25) is 0 Å². The highest BCUT2D eigenvalue weighted by Gasteiger charge is 2.12. The van der Waals surface area contributed by atoms with Crippen molar-refractivity contribution in [2.24, 2.45) is 10.2 Å². The Labute approximate surface area is 152 Å². The zero-order valence-corrected chi connectivity index (χ0v) is 15.1. The number of phenols is 1. The van der Waals surface area contributed by atoms with Crippen LogP contribution in [-0.2, 0) is 0 Å². The van der Waals surface area contributed by atoms with Crippen molar-refractivity contribution in [1.82, 2.24) is 25.2 Å². The first-order chi connectivity index (χ1) is 12.6. The third kappa shape index (κ3) is 3.97. The molecule has 136 valence electrons. The quantitative estimate of drug-likeness (QED) is 0.494. The smallest absolute Gasteiger partial charge is 0.127 e. The van der Waals surface area contributed by atoms with Crippen LogP contribution in [0.3, 0.4) is 0 Å². The van der Waals surface area contributed by atoms with Crippen molar-refractivity contribution < 1.29 is 5.11 Å². The van der Waals surface area contributed by atoms with Crippen molar-refractivity contribution in [2.75, 3.05) is 26.2 Å². The number of aryl methyl sites for hydroxylation is 1. The van der Waals surface area contributed by atoms with Crippen LogP contribution in [0.4, 0.5) is 0 Å². The second-order valence-corrected chi connectivity index (χ2v) is 6.05. The fourth-order valence-electron chi connectivity index (χ4n) is 2.71. The zero-order valence-electron chi connectivity index (χ0n) is 15.1. The van der Waals surface area contributed by atoms with Crippen LogP contribution in [-0.4, -0.2) is 62.7 Å². The van der Waals surface area contributed by atoms with E-state index in [0.29, 0.717) is 17.0 Å². The molecule has 26 heavy (non-hydrogen) atoms. The van der Waals surface area contributed by atoms with Crippen molar-refractivity contribution in [3.05, 3.63) is 48.3 Å². The first kappa shape index (κ1) is 17.8. The summed E-state index contributed by atoms with van der Waals surface area (Å²) in [5.74, 6) is 0.921. The van der Waals surface area contributed by atoms with Gasteiger partial charge in [-0.2, -0.15) is 15.0 Å². The van der Waals surface area contributed by atoms with Gasteiger partial charge in [-0.1, -0.05) is 6.58 Å². The molecule has 1 aliphatic rings. The Kier molecular flexibility index (Phi) is 5.43. The molecule has 1 saturated heterocycles. The van der Waals surface area contributed by atoms with Gasteiger partial charge in [0.05, 0.1) is 23.3 Å². The largest absolute Gasteiger partial charge is 0.507 e. The summed E-state index contributed by atoms with van der Waals surface area (Å²) in [4.78, 5) is 3.64. The van der Waals surface area contributed by atoms with Crippen LogP contribution in [0.25, 0.3) is 5.69 Å². The molecular weight excluding hydrogens is 330 g/mol. The monoisotopic (exact) mass is 353 g/mol. The van der Waals surface area contributed by atoms with Gasteiger partial charge in [0.25, 0.3) is 0 Å². The molecule has 1 aromatic heterocycles. The average molecular weight is 353 g/mol. The molecule has 0 amide bonds. The Morgan fingerprint density at radius 1 is 1.31 bits per heavy atom. The molecule has 0 aliphatic carbocycles. The maximum absolute atomic E-state index is 10.4. The van der Waals surface area contributed by atoms with Crippen LogP contribution in [0, 0.1) is 6.92 Å². The van der Waals surface area contributed by atoms with E-state index in [2.05, 4.69) is 37.2 Å². The summed E-state index contributed by atoms with van der Waals surface area (Å²) >= 11 is 0. The Balaban J connectivity index is 1.84. The van der Waals surface area contributed by atoms with Gasteiger partial charge in [0.1, 0.15) is 11.6 Å². The molecular formula is C18H23N7O. The maximum atomic E-state index is 10.4. The highest BCUT2D eigenvalue weighted by atomic mass is 16.3. The number of amidine groups is 1. The molecule has 2 aromatic rings. The molecule has 3 rings (SSSR count). The third-order valence-corrected chi connectivity index (χ3v) is 4.17. The van der Waals surface area contributed by atoms with E-state index >= 15 is 0 Å². The lowest BCUT2D eigenvalue weighted by molar-refractivity contribution is 0.355. The predicted octanol–water partition coefficient (Wildman–Crippen LogP) is 1.50.